The Hall–Kier alpha value is -2.42. The van der Waals surface area contributed by atoms with Crippen molar-refractivity contribution < 1.29 is 10.2 Å². The van der Waals surface area contributed by atoms with Crippen molar-refractivity contribution in [2.24, 2.45) is 0 Å². The van der Waals surface area contributed by atoms with Crippen molar-refractivity contribution in [1.82, 2.24) is 0 Å². The topological polar surface area (TPSA) is 40.5 Å². The van der Waals surface area contributed by atoms with Gasteiger partial charge in [-0.15, -0.1) is 0 Å². The van der Waals surface area contributed by atoms with Gasteiger partial charge in [0.1, 0.15) is 0 Å². The van der Waals surface area contributed by atoms with Gasteiger partial charge in [0, 0.05) is 17.9 Å². The summed E-state index contributed by atoms with van der Waals surface area (Å²) >= 11 is 0. The van der Waals surface area contributed by atoms with E-state index >= 15 is 0 Å². The molecular formula is C24H28O2. The number of aliphatic hydroxyl groups is 2. The van der Waals surface area contributed by atoms with Gasteiger partial charge >= 0.3 is 0 Å². The first kappa shape index (κ1) is 19.9. The molecule has 0 saturated heterocycles. The third-order valence-electron chi connectivity index (χ3n) is 4.54. The molecule has 0 amide bonds. The summed E-state index contributed by atoms with van der Waals surface area (Å²) in [6.07, 6.45) is 1.45. The molecule has 2 heteroatoms. The Balaban J connectivity index is 0.000000197. The lowest BCUT2D eigenvalue weighted by molar-refractivity contribution is -0.171. The van der Waals surface area contributed by atoms with Crippen molar-refractivity contribution in [3.63, 3.8) is 0 Å². The Morgan fingerprint density at radius 3 is 1.38 bits per heavy atom. The third kappa shape index (κ3) is 5.55. The molecule has 0 unspecified atom stereocenters. The van der Waals surface area contributed by atoms with Gasteiger partial charge in [0.25, 0.3) is 0 Å². The first-order valence-electron chi connectivity index (χ1n) is 9.18. The number of rotatable bonds is 5. The summed E-state index contributed by atoms with van der Waals surface area (Å²) in [5.41, 5.74) is 3.36. The molecule has 0 aliphatic heterocycles. The van der Waals surface area contributed by atoms with Crippen LogP contribution in [-0.2, 0) is 5.79 Å². The standard InChI is InChI=1S/C15H16.C9H12O2/c1-2-15(13-9-5-3-6-10-13)14-11-7-4-8-12-14;1-2-9(10,11)8-6-4-3-5-7-8/h3-12,15H,2H2,1H3;3-7,10-11H,2H2,1H3. The summed E-state index contributed by atoms with van der Waals surface area (Å²) in [6, 6.07) is 30.2. The molecule has 0 spiro atoms. The van der Waals surface area contributed by atoms with E-state index in [9.17, 15) is 10.2 Å². The molecule has 0 aliphatic rings. The van der Waals surface area contributed by atoms with E-state index in [4.69, 9.17) is 0 Å². The minimum atomic E-state index is -1.67. The van der Waals surface area contributed by atoms with E-state index in [1.807, 2.05) is 6.07 Å². The van der Waals surface area contributed by atoms with E-state index in [-0.39, 0.29) is 0 Å². The lowest BCUT2D eigenvalue weighted by Crippen LogP contribution is -2.23. The zero-order chi connectivity index (χ0) is 18.8. The lowest BCUT2D eigenvalue weighted by Gasteiger charge is -2.19. The molecule has 0 radical (unpaired) electrons. The maximum Gasteiger partial charge on any atom is 0.189 e. The summed E-state index contributed by atoms with van der Waals surface area (Å²) < 4.78 is 0. The van der Waals surface area contributed by atoms with E-state index in [1.54, 1.807) is 31.2 Å². The molecule has 0 heterocycles. The first-order chi connectivity index (χ1) is 12.6. The monoisotopic (exact) mass is 348 g/mol. The van der Waals surface area contributed by atoms with Gasteiger partial charge in [-0.1, -0.05) is 105 Å². The normalized spacial score (nSPS) is 11.0. The van der Waals surface area contributed by atoms with Crippen molar-refractivity contribution in [2.75, 3.05) is 0 Å². The summed E-state index contributed by atoms with van der Waals surface area (Å²) in [5.74, 6) is -1.13. The highest BCUT2D eigenvalue weighted by molar-refractivity contribution is 5.31. The Morgan fingerprint density at radius 2 is 1.04 bits per heavy atom. The van der Waals surface area contributed by atoms with Crippen molar-refractivity contribution in [3.05, 3.63) is 108 Å². The number of hydrogen-bond acceptors (Lipinski definition) is 2. The van der Waals surface area contributed by atoms with E-state index < -0.39 is 5.79 Å². The van der Waals surface area contributed by atoms with Crippen LogP contribution in [0.25, 0.3) is 0 Å². The Kier molecular flexibility index (Phi) is 7.58. The van der Waals surface area contributed by atoms with E-state index in [0.29, 0.717) is 17.9 Å². The lowest BCUT2D eigenvalue weighted by atomic mass is 9.89. The predicted octanol–water partition coefficient (Wildman–Crippen LogP) is 5.46. The van der Waals surface area contributed by atoms with Gasteiger partial charge in [-0.2, -0.15) is 0 Å². The van der Waals surface area contributed by atoms with Crippen LogP contribution in [0.3, 0.4) is 0 Å². The molecule has 3 rings (SSSR count). The summed E-state index contributed by atoms with van der Waals surface area (Å²) in [7, 11) is 0. The Labute approximate surface area is 156 Å². The fraction of sp³-hybridized carbons (Fsp3) is 0.250. The molecule has 0 bridgehead atoms. The van der Waals surface area contributed by atoms with Crippen LogP contribution in [0.15, 0.2) is 91.0 Å². The molecule has 2 nitrogen and oxygen atoms in total. The van der Waals surface area contributed by atoms with Crippen LogP contribution in [0.4, 0.5) is 0 Å². The molecule has 26 heavy (non-hydrogen) atoms. The third-order valence-corrected chi connectivity index (χ3v) is 4.54. The van der Waals surface area contributed by atoms with Gasteiger partial charge in [0.15, 0.2) is 5.79 Å². The average Bonchev–Trinajstić information content (AvgIpc) is 2.71. The highest BCUT2D eigenvalue weighted by Gasteiger charge is 2.21. The van der Waals surface area contributed by atoms with Gasteiger partial charge in [0.05, 0.1) is 0 Å². The highest BCUT2D eigenvalue weighted by atomic mass is 16.5. The second-order valence-corrected chi connectivity index (χ2v) is 6.32. The summed E-state index contributed by atoms with van der Waals surface area (Å²) in [5, 5.41) is 18.7. The van der Waals surface area contributed by atoms with Crippen molar-refractivity contribution in [2.45, 2.75) is 38.4 Å². The molecule has 3 aromatic rings. The number of hydrogen-bond donors (Lipinski definition) is 2. The van der Waals surface area contributed by atoms with E-state index in [1.165, 1.54) is 11.1 Å². The summed E-state index contributed by atoms with van der Waals surface area (Å²) in [6.45, 7) is 3.97. The second kappa shape index (κ2) is 9.91. The zero-order valence-electron chi connectivity index (χ0n) is 15.5. The highest BCUT2D eigenvalue weighted by Crippen LogP contribution is 2.27. The fourth-order valence-corrected chi connectivity index (χ4v) is 2.94. The molecule has 0 saturated carbocycles. The quantitative estimate of drug-likeness (QED) is 0.601. The molecule has 3 aromatic carbocycles. The maximum absolute atomic E-state index is 9.35. The molecular weight excluding hydrogens is 320 g/mol. The van der Waals surface area contributed by atoms with Gasteiger partial charge in [-0.05, 0) is 17.5 Å². The van der Waals surface area contributed by atoms with Gasteiger partial charge < -0.3 is 10.2 Å². The second-order valence-electron chi connectivity index (χ2n) is 6.32. The van der Waals surface area contributed by atoms with Gasteiger partial charge in [-0.25, -0.2) is 0 Å². The first-order valence-corrected chi connectivity index (χ1v) is 9.18. The van der Waals surface area contributed by atoms with Crippen molar-refractivity contribution in [1.29, 1.82) is 0 Å². The molecule has 0 fully saturated rings. The Morgan fingerprint density at radius 1 is 0.654 bits per heavy atom. The zero-order valence-corrected chi connectivity index (χ0v) is 15.5. The van der Waals surface area contributed by atoms with Gasteiger partial charge in [0.2, 0.25) is 0 Å². The van der Waals surface area contributed by atoms with Crippen molar-refractivity contribution in [3.8, 4) is 0 Å². The number of benzene rings is 3. The maximum atomic E-state index is 9.35. The van der Waals surface area contributed by atoms with Crippen LogP contribution in [0.5, 0.6) is 0 Å². The van der Waals surface area contributed by atoms with E-state index in [0.717, 1.165) is 6.42 Å². The largest absolute Gasteiger partial charge is 0.362 e. The van der Waals surface area contributed by atoms with Crippen molar-refractivity contribution >= 4 is 0 Å². The predicted molar refractivity (Wildman–Crippen MR) is 108 cm³/mol. The Bertz CT molecular complexity index is 697. The van der Waals surface area contributed by atoms with Gasteiger partial charge in [-0.3, -0.25) is 0 Å². The minimum absolute atomic E-state index is 0.303. The fourth-order valence-electron chi connectivity index (χ4n) is 2.94. The molecule has 0 aliphatic carbocycles. The van der Waals surface area contributed by atoms with Crippen LogP contribution < -0.4 is 0 Å². The molecule has 0 atom stereocenters. The molecule has 0 aromatic heterocycles. The van der Waals surface area contributed by atoms with Crippen LogP contribution in [0, 0.1) is 0 Å². The summed E-state index contributed by atoms with van der Waals surface area (Å²) in [4.78, 5) is 0. The SMILES string of the molecule is CCC(O)(O)c1ccccc1.CCC(c1ccccc1)c1ccccc1. The van der Waals surface area contributed by atoms with Crippen LogP contribution in [0.1, 0.15) is 49.3 Å². The smallest absolute Gasteiger partial charge is 0.189 e. The minimum Gasteiger partial charge on any atom is -0.362 e. The molecule has 2 N–H and O–H groups in total. The van der Waals surface area contributed by atoms with E-state index in [2.05, 4.69) is 67.6 Å². The average molecular weight is 348 g/mol. The molecule has 136 valence electrons. The van der Waals surface area contributed by atoms with Crippen LogP contribution >= 0.6 is 0 Å². The van der Waals surface area contributed by atoms with Crippen LogP contribution in [-0.4, -0.2) is 10.2 Å². The van der Waals surface area contributed by atoms with Crippen LogP contribution in [0.2, 0.25) is 0 Å².